The van der Waals surface area contributed by atoms with Crippen molar-refractivity contribution < 1.29 is 33.7 Å². The van der Waals surface area contributed by atoms with E-state index in [1.807, 2.05) is 37.3 Å². The van der Waals surface area contributed by atoms with Crippen molar-refractivity contribution in [1.82, 2.24) is 4.90 Å². The molecule has 208 valence electrons. The molecule has 2 N–H and O–H groups in total. The lowest BCUT2D eigenvalue weighted by Crippen LogP contribution is -2.57. The number of hydrogen-bond acceptors (Lipinski definition) is 7. The summed E-state index contributed by atoms with van der Waals surface area (Å²) in [6.07, 6.45) is 1.86. The van der Waals surface area contributed by atoms with Crippen LogP contribution in [0.4, 0.5) is 5.69 Å². The summed E-state index contributed by atoms with van der Waals surface area (Å²) in [6.45, 7) is 3.50. The topological polar surface area (TPSA) is 114 Å². The van der Waals surface area contributed by atoms with E-state index in [1.54, 1.807) is 38.3 Å². The molecule has 3 fully saturated rings. The second-order valence-corrected chi connectivity index (χ2v) is 10.6. The molecule has 9 nitrogen and oxygen atoms in total. The van der Waals surface area contributed by atoms with Crippen LogP contribution in [-0.4, -0.2) is 71.4 Å². The number of aliphatic hydroxyl groups excluding tert-OH is 1. The number of likely N-dealkylation sites (tertiary alicyclic amines) is 1. The quantitative estimate of drug-likeness (QED) is 0.449. The van der Waals surface area contributed by atoms with Crippen molar-refractivity contribution in [3.8, 4) is 5.75 Å². The summed E-state index contributed by atoms with van der Waals surface area (Å²) in [4.78, 5) is 43.2. The van der Waals surface area contributed by atoms with Crippen molar-refractivity contribution in [3.05, 3.63) is 60.2 Å². The summed E-state index contributed by atoms with van der Waals surface area (Å²) in [5.74, 6) is -2.29. The number of carbonyl (C=O) groups excluding carboxylic acids is 3. The van der Waals surface area contributed by atoms with Crippen molar-refractivity contribution in [2.24, 2.45) is 11.8 Å². The van der Waals surface area contributed by atoms with E-state index >= 15 is 0 Å². The molecule has 3 aliphatic heterocycles. The van der Waals surface area contributed by atoms with E-state index < -0.39 is 47.0 Å². The molecule has 39 heavy (non-hydrogen) atoms. The molecule has 9 heteroatoms. The van der Waals surface area contributed by atoms with Crippen molar-refractivity contribution >= 4 is 23.5 Å². The van der Waals surface area contributed by atoms with Crippen LogP contribution in [0.2, 0.25) is 0 Å². The predicted molar refractivity (Wildman–Crippen MR) is 143 cm³/mol. The van der Waals surface area contributed by atoms with Crippen molar-refractivity contribution in [1.29, 1.82) is 0 Å². The first kappa shape index (κ1) is 27.1. The Bertz CT molecular complexity index is 1220. The summed E-state index contributed by atoms with van der Waals surface area (Å²) in [7, 11) is 1.56. The number of nitrogens with zero attached hydrogens (tertiary/aromatic N) is 1. The van der Waals surface area contributed by atoms with Crippen molar-refractivity contribution in [2.75, 3.05) is 25.6 Å². The van der Waals surface area contributed by atoms with Crippen LogP contribution in [0, 0.1) is 11.8 Å². The molecule has 3 heterocycles. The number of methoxy groups -OCH3 is 1. The van der Waals surface area contributed by atoms with Crippen LogP contribution in [0.3, 0.4) is 0 Å². The van der Waals surface area contributed by atoms with Crippen LogP contribution in [0.5, 0.6) is 5.75 Å². The van der Waals surface area contributed by atoms with Gasteiger partial charge in [0.1, 0.15) is 23.3 Å². The van der Waals surface area contributed by atoms with Crippen molar-refractivity contribution in [3.63, 3.8) is 0 Å². The Morgan fingerprint density at radius 1 is 1.13 bits per heavy atom. The van der Waals surface area contributed by atoms with Gasteiger partial charge in [0.25, 0.3) is 0 Å². The Kier molecular flexibility index (Phi) is 7.39. The molecule has 3 aliphatic rings. The Morgan fingerprint density at radius 3 is 2.46 bits per heavy atom. The van der Waals surface area contributed by atoms with Crippen molar-refractivity contribution in [2.45, 2.75) is 62.8 Å². The number of benzene rings is 2. The molecule has 2 aromatic carbocycles. The van der Waals surface area contributed by atoms with Crippen LogP contribution in [0.1, 0.15) is 38.7 Å². The third-order valence-electron chi connectivity index (χ3n) is 8.68. The van der Waals surface area contributed by atoms with Gasteiger partial charge in [-0.2, -0.15) is 0 Å². The summed E-state index contributed by atoms with van der Waals surface area (Å²) in [5, 5.41) is 13.5. The van der Waals surface area contributed by atoms with E-state index in [2.05, 4.69) is 5.32 Å². The molecule has 2 bridgehead atoms. The first-order valence-electron chi connectivity index (χ1n) is 13.6. The van der Waals surface area contributed by atoms with Gasteiger partial charge in [0, 0.05) is 5.69 Å². The lowest BCUT2D eigenvalue weighted by Gasteiger charge is -2.37. The number of amides is 2. The molecule has 0 radical (unpaired) electrons. The number of anilines is 1. The molecule has 1 spiro atoms. The molecule has 2 unspecified atom stereocenters. The van der Waals surface area contributed by atoms with Gasteiger partial charge in [0.2, 0.25) is 11.8 Å². The van der Waals surface area contributed by atoms with E-state index in [0.29, 0.717) is 37.1 Å². The van der Waals surface area contributed by atoms with Gasteiger partial charge in [0.15, 0.2) is 0 Å². The first-order valence-corrected chi connectivity index (χ1v) is 13.6. The minimum absolute atomic E-state index is 0.182. The summed E-state index contributed by atoms with van der Waals surface area (Å²) >= 11 is 0. The summed E-state index contributed by atoms with van der Waals surface area (Å²) in [6, 6.07) is 14.7. The van der Waals surface area contributed by atoms with E-state index in [4.69, 9.17) is 14.2 Å². The number of esters is 1. The fraction of sp³-hybridized carbons (Fsp3) is 0.500. The lowest BCUT2D eigenvalue weighted by atomic mass is 9.65. The average Bonchev–Trinajstić information content (AvgIpc) is 3.56. The largest absolute Gasteiger partial charge is 0.497 e. The molecule has 3 saturated heterocycles. The molecule has 2 aromatic rings. The monoisotopic (exact) mass is 536 g/mol. The number of aliphatic hydroxyl groups is 1. The SMILES string of the molecule is CCOC(=O)[C@@H]1[C@H]2C(=O)N([C@@H](CO)Cc3ccccc3)C(C(=O)Nc3ccc(OC)cc3)C23CC[C@@]1(CC)O3. The Morgan fingerprint density at radius 2 is 1.85 bits per heavy atom. The fourth-order valence-corrected chi connectivity index (χ4v) is 6.96. The van der Waals surface area contributed by atoms with Gasteiger partial charge < -0.3 is 29.5 Å². The zero-order chi connectivity index (χ0) is 27.8. The zero-order valence-corrected chi connectivity index (χ0v) is 22.6. The normalized spacial score (nSPS) is 29.7. The lowest BCUT2D eigenvalue weighted by molar-refractivity contribution is -0.161. The van der Waals surface area contributed by atoms with E-state index in [-0.39, 0.29) is 19.1 Å². The first-order chi connectivity index (χ1) is 18.8. The third kappa shape index (κ3) is 4.37. The highest BCUT2D eigenvalue weighted by Crippen LogP contribution is 2.64. The molecule has 0 saturated carbocycles. The number of ether oxygens (including phenoxy) is 3. The molecule has 0 aromatic heterocycles. The van der Waals surface area contributed by atoms with Gasteiger partial charge in [-0.3, -0.25) is 14.4 Å². The van der Waals surface area contributed by atoms with E-state index in [0.717, 1.165) is 5.56 Å². The second-order valence-electron chi connectivity index (χ2n) is 10.6. The minimum atomic E-state index is -1.20. The third-order valence-corrected chi connectivity index (χ3v) is 8.68. The maximum absolute atomic E-state index is 14.3. The molecule has 6 atom stereocenters. The second kappa shape index (κ2) is 10.6. The number of carbonyl (C=O) groups is 3. The fourth-order valence-electron chi connectivity index (χ4n) is 6.96. The Labute approximate surface area is 228 Å². The minimum Gasteiger partial charge on any atom is -0.497 e. The van der Waals surface area contributed by atoms with Gasteiger partial charge in [-0.1, -0.05) is 37.3 Å². The summed E-state index contributed by atoms with van der Waals surface area (Å²) < 4.78 is 17.4. The van der Waals surface area contributed by atoms with Crippen LogP contribution in [-0.2, 0) is 30.3 Å². The van der Waals surface area contributed by atoms with E-state index in [1.165, 1.54) is 4.90 Å². The molecular formula is C30H36N2O7. The molecular weight excluding hydrogens is 500 g/mol. The zero-order valence-electron chi connectivity index (χ0n) is 22.6. The smallest absolute Gasteiger partial charge is 0.312 e. The standard InChI is InChI=1S/C30H36N2O7/c1-4-29-15-16-30(39-29)23(24(29)28(36)38-5-2)27(35)32(21(18-33)17-19-9-7-6-8-10-19)25(30)26(34)31-20-11-13-22(37-3)14-12-20/h6-14,21,23-25,33H,4-5,15-18H2,1-3H3,(H,31,34)/t21-,23+,24+,25?,29-,30?/m1/s1. The number of nitrogens with one attached hydrogen (secondary N) is 1. The highest BCUT2D eigenvalue weighted by molar-refractivity contribution is 6.03. The van der Waals surface area contributed by atoms with Crippen LogP contribution >= 0.6 is 0 Å². The van der Waals surface area contributed by atoms with Gasteiger partial charge in [0.05, 0.1) is 37.9 Å². The Hall–Kier alpha value is -3.43. The van der Waals surface area contributed by atoms with Gasteiger partial charge >= 0.3 is 5.97 Å². The number of fused-ring (bicyclic) bond motifs is 1. The molecule has 0 aliphatic carbocycles. The van der Waals surface area contributed by atoms with Crippen LogP contribution in [0.15, 0.2) is 54.6 Å². The number of hydrogen-bond donors (Lipinski definition) is 2. The average molecular weight is 537 g/mol. The summed E-state index contributed by atoms with van der Waals surface area (Å²) in [5.41, 5.74) is -0.613. The maximum Gasteiger partial charge on any atom is 0.312 e. The highest BCUT2D eigenvalue weighted by Gasteiger charge is 2.79. The van der Waals surface area contributed by atoms with Crippen LogP contribution in [0.25, 0.3) is 0 Å². The van der Waals surface area contributed by atoms with Gasteiger partial charge in [-0.05, 0) is 62.4 Å². The number of rotatable bonds is 10. The van der Waals surface area contributed by atoms with Gasteiger partial charge in [-0.25, -0.2) is 0 Å². The van der Waals surface area contributed by atoms with E-state index in [9.17, 15) is 19.5 Å². The molecule has 2 amide bonds. The van der Waals surface area contributed by atoms with Crippen LogP contribution < -0.4 is 10.1 Å². The van der Waals surface area contributed by atoms with Gasteiger partial charge in [-0.15, -0.1) is 0 Å². The maximum atomic E-state index is 14.3. The highest BCUT2D eigenvalue weighted by atomic mass is 16.6. The predicted octanol–water partition coefficient (Wildman–Crippen LogP) is 2.96. The Balaban J connectivity index is 1.56. The molecule has 5 rings (SSSR count).